The van der Waals surface area contributed by atoms with Crippen LogP contribution in [0.3, 0.4) is 0 Å². The number of hydrogen-bond donors (Lipinski definition) is 0. The lowest BCUT2D eigenvalue weighted by Gasteiger charge is -2.32. The summed E-state index contributed by atoms with van der Waals surface area (Å²) in [6.45, 7) is 8.46. The second kappa shape index (κ2) is 7.01. The standard InChI is InChI=1S/C17H25N5/c1-14-19-15(2)22(20-14)13-16-6-5-10-21(12-16)11-8-17-7-3-4-9-18-17/h3-4,7,9,16H,5-6,8,10-13H2,1-2H3/t16-/m1/s1. The first-order chi connectivity index (χ1) is 10.7. The van der Waals surface area contributed by atoms with Gasteiger partial charge < -0.3 is 4.90 Å². The fraction of sp³-hybridized carbons (Fsp3) is 0.588. The van der Waals surface area contributed by atoms with Gasteiger partial charge in [0, 0.05) is 37.9 Å². The number of aryl methyl sites for hydroxylation is 2. The van der Waals surface area contributed by atoms with Gasteiger partial charge in [-0.2, -0.15) is 5.10 Å². The maximum Gasteiger partial charge on any atom is 0.147 e. The fourth-order valence-corrected chi connectivity index (χ4v) is 3.30. The van der Waals surface area contributed by atoms with Gasteiger partial charge >= 0.3 is 0 Å². The number of hydrogen-bond acceptors (Lipinski definition) is 4. The Kier molecular flexibility index (Phi) is 4.83. The van der Waals surface area contributed by atoms with Gasteiger partial charge in [-0.3, -0.25) is 4.98 Å². The lowest BCUT2D eigenvalue weighted by atomic mass is 9.98. The molecule has 1 atom stereocenters. The van der Waals surface area contributed by atoms with Crippen molar-refractivity contribution in [3.05, 3.63) is 41.7 Å². The van der Waals surface area contributed by atoms with Gasteiger partial charge in [0.15, 0.2) is 0 Å². The minimum atomic E-state index is 0.678. The monoisotopic (exact) mass is 299 g/mol. The molecule has 0 amide bonds. The zero-order chi connectivity index (χ0) is 15.4. The second-order valence-electron chi connectivity index (χ2n) is 6.27. The van der Waals surface area contributed by atoms with E-state index in [2.05, 4.69) is 36.8 Å². The van der Waals surface area contributed by atoms with Gasteiger partial charge in [0.25, 0.3) is 0 Å². The molecule has 0 spiro atoms. The smallest absolute Gasteiger partial charge is 0.147 e. The Hall–Kier alpha value is -1.75. The summed E-state index contributed by atoms with van der Waals surface area (Å²) in [5.41, 5.74) is 1.19. The van der Waals surface area contributed by atoms with Gasteiger partial charge in [-0.25, -0.2) is 9.67 Å². The van der Waals surface area contributed by atoms with Crippen molar-refractivity contribution in [3.63, 3.8) is 0 Å². The van der Waals surface area contributed by atoms with Crippen molar-refractivity contribution in [1.29, 1.82) is 0 Å². The van der Waals surface area contributed by atoms with E-state index in [1.165, 1.54) is 25.1 Å². The highest BCUT2D eigenvalue weighted by atomic mass is 15.3. The first-order valence-corrected chi connectivity index (χ1v) is 8.21. The van der Waals surface area contributed by atoms with Crippen molar-refractivity contribution < 1.29 is 0 Å². The van der Waals surface area contributed by atoms with E-state index >= 15 is 0 Å². The molecule has 22 heavy (non-hydrogen) atoms. The highest BCUT2D eigenvalue weighted by molar-refractivity contribution is 5.03. The van der Waals surface area contributed by atoms with Crippen LogP contribution in [-0.2, 0) is 13.0 Å². The third-order valence-electron chi connectivity index (χ3n) is 4.41. The normalized spacial score (nSPS) is 19.5. The van der Waals surface area contributed by atoms with Crippen LogP contribution in [0.1, 0.15) is 30.2 Å². The molecular weight excluding hydrogens is 274 g/mol. The highest BCUT2D eigenvalue weighted by Crippen LogP contribution is 2.19. The zero-order valence-electron chi connectivity index (χ0n) is 13.6. The average Bonchev–Trinajstić information content (AvgIpc) is 2.84. The largest absolute Gasteiger partial charge is 0.303 e. The Morgan fingerprint density at radius 1 is 1.27 bits per heavy atom. The molecule has 1 aliphatic heterocycles. The average molecular weight is 299 g/mol. The Bertz CT molecular complexity index is 592. The molecule has 0 saturated carbocycles. The Morgan fingerprint density at radius 3 is 2.91 bits per heavy atom. The van der Waals surface area contributed by atoms with E-state index < -0.39 is 0 Å². The minimum Gasteiger partial charge on any atom is -0.303 e. The van der Waals surface area contributed by atoms with Crippen molar-refractivity contribution in [3.8, 4) is 0 Å². The van der Waals surface area contributed by atoms with Crippen LogP contribution < -0.4 is 0 Å². The number of piperidine rings is 1. The summed E-state index contributed by atoms with van der Waals surface area (Å²) in [6.07, 6.45) is 5.48. The summed E-state index contributed by atoms with van der Waals surface area (Å²) in [7, 11) is 0. The third kappa shape index (κ3) is 3.91. The maximum absolute atomic E-state index is 4.50. The molecule has 5 heteroatoms. The van der Waals surface area contributed by atoms with Gasteiger partial charge in [0.2, 0.25) is 0 Å². The summed E-state index contributed by atoms with van der Waals surface area (Å²) < 4.78 is 2.07. The summed E-state index contributed by atoms with van der Waals surface area (Å²) in [6, 6.07) is 6.16. The molecule has 0 aromatic carbocycles. The number of nitrogens with zero attached hydrogens (tertiary/aromatic N) is 5. The Labute approximate surface area is 132 Å². The molecule has 0 unspecified atom stereocenters. The first kappa shape index (κ1) is 15.2. The summed E-state index contributed by atoms with van der Waals surface area (Å²) in [4.78, 5) is 11.4. The molecule has 0 radical (unpaired) electrons. The molecule has 5 nitrogen and oxygen atoms in total. The zero-order valence-corrected chi connectivity index (χ0v) is 13.6. The van der Waals surface area contributed by atoms with Crippen molar-refractivity contribution in [2.45, 2.75) is 39.7 Å². The molecule has 1 aliphatic rings. The van der Waals surface area contributed by atoms with Crippen LogP contribution in [0.5, 0.6) is 0 Å². The van der Waals surface area contributed by atoms with Gasteiger partial charge in [0.05, 0.1) is 0 Å². The maximum atomic E-state index is 4.50. The van der Waals surface area contributed by atoms with Gasteiger partial charge in [0.1, 0.15) is 11.6 Å². The van der Waals surface area contributed by atoms with Crippen LogP contribution in [-0.4, -0.2) is 44.3 Å². The van der Waals surface area contributed by atoms with Crippen molar-refractivity contribution in [1.82, 2.24) is 24.6 Å². The van der Waals surface area contributed by atoms with Crippen LogP contribution >= 0.6 is 0 Å². The quantitative estimate of drug-likeness (QED) is 0.849. The molecule has 2 aromatic rings. The van der Waals surface area contributed by atoms with Crippen LogP contribution in [0.15, 0.2) is 24.4 Å². The van der Waals surface area contributed by atoms with Gasteiger partial charge in [-0.1, -0.05) is 6.07 Å². The van der Waals surface area contributed by atoms with E-state index in [-0.39, 0.29) is 0 Å². The number of pyridine rings is 1. The predicted octanol–water partition coefficient (Wildman–Crippen LogP) is 2.24. The van der Waals surface area contributed by atoms with E-state index in [4.69, 9.17) is 0 Å². The molecule has 118 valence electrons. The molecule has 2 aromatic heterocycles. The van der Waals surface area contributed by atoms with E-state index in [1.54, 1.807) is 0 Å². The molecule has 1 saturated heterocycles. The SMILES string of the molecule is Cc1nc(C)n(C[C@@H]2CCCN(CCc3ccccn3)C2)n1. The fourth-order valence-electron chi connectivity index (χ4n) is 3.30. The topological polar surface area (TPSA) is 46.8 Å². The molecule has 3 heterocycles. The molecule has 0 aliphatic carbocycles. The third-order valence-corrected chi connectivity index (χ3v) is 4.41. The summed E-state index contributed by atoms with van der Waals surface area (Å²) in [5, 5.41) is 4.50. The van der Waals surface area contributed by atoms with Crippen LogP contribution in [0, 0.1) is 19.8 Å². The van der Waals surface area contributed by atoms with Gasteiger partial charge in [-0.05, 0) is 51.3 Å². The highest BCUT2D eigenvalue weighted by Gasteiger charge is 2.21. The van der Waals surface area contributed by atoms with Crippen molar-refractivity contribution >= 4 is 0 Å². The van der Waals surface area contributed by atoms with E-state index in [0.717, 1.165) is 37.7 Å². The van der Waals surface area contributed by atoms with Crippen molar-refractivity contribution in [2.75, 3.05) is 19.6 Å². The minimum absolute atomic E-state index is 0.678. The van der Waals surface area contributed by atoms with Crippen LogP contribution in [0.25, 0.3) is 0 Å². The molecule has 0 bridgehead atoms. The predicted molar refractivity (Wildman–Crippen MR) is 86.6 cm³/mol. The lowest BCUT2D eigenvalue weighted by Crippen LogP contribution is -2.38. The molecule has 0 N–H and O–H groups in total. The van der Waals surface area contributed by atoms with E-state index in [0.29, 0.717) is 5.92 Å². The Morgan fingerprint density at radius 2 is 2.18 bits per heavy atom. The van der Waals surface area contributed by atoms with Crippen LogP contribution in [0.2, 0.25) is 0 Å². The molecule has 1 fully saturated rings. The van der Waals surface area contributed by atoms with E-state index in [9.17, 15) is 0 Å². The summed E-state index contributed by atoms with van der Waals surface area (Å²) >= 11 is 0. The number of aromatic nitrogens is 4. The second-order valence-corrected chi connectivity index (χ2v) is 6.27. The number of likely N-dealkylation sites (tertiary alicyclic amines) is 1. The molecular formula is C17H25N5. The van der Waals surface area contributed by atoms with Crippen LogP contribution in [0.4, 0.5) is 0 Å². The summed E-state index contributed by atoms with van der Waals surface area (Å²) in [5.74, 6) is 2.58. The Balaban J connectivity index is 1.52. The number of rotatable bonds is 5. The van der Waals surface area contributed by atoms with Crippen molar-refractivity contribution in [2.24, 2.45) is 5.92 Å². The van der Waals surface area contributed by atoms with Gasteiger partial charge in [-0.15, -0.1) is 0 Å². The van der Waals surface area contributed by atoms with E-state index in [1.807, 2.05) is 26.1 Å². The first-order valence-electron chi connectivity index (χ1n) is 8.21. The lowest BCUT2D eigenvalue weighted by molar-refractivity contribution is 0.160. The molecule has 3 rings (SSSR count).